The van der Waals surface area contributed by atoms with Crippen molar-refractivity contribution < 1.29 is 9.90 Å². The van der Waals surface area contributed by atoms with E-state index in [1.807, 2.05) is 0 Å². The summed E-state index contributed by atoms with van der Waals surface area (Å²) in [5, 5.41) is 11.3. The van der Waals surface area contributed by atoms with Gasteiger partial charge in [0, 0.05) is 19.2 Å². The third-order valence-corrected chi connectivity index (χ3v) is 1.45. The molecule has 0 saturated carbocycles. The molecule has 0 bridgehead atoms. The highest BCUT2D eigenvalue weighted by molar-refractivity contribution is 5.77. The van der Waals surface area contributed by atoms with E-state index in [-0.39, 0.29) is 11.9 Å². The van der Waals surface area contributed by atoms with E-state index in [1.165, 1.54) is 4.90 Å². The second-order valence-electron chi connectivity index (χ2n) is 2.42. The van der Waals surface area contributed by atoms with Gasteiger partial charge >= 0.3 is 6.03 Å². The van der Waals surface area contributed by atoms with E-state index in [9.17, 15) is 4.79 Å². The summed E-state index contributed by atoms with van der Waals surface area (Å²) in [6.45, 7) is 2.27. The van der Waals surface area contributed by atoms with Crippen LogP contribution in [0.2, 0.25) is 0 Å². The van der Waals surface area contributed by atoms with Crippen LogP contribution in [0.5, 0.6) is 0 Å². The summed E-state index contributed by atoms with van der Waals surface area (Å²) in [4.78, 5) is 12.3. The Labute approximate surface area is 59.1 Å². The topological polar surface area (TPSA) is 52.6 Å². The zero-order valence-corrected chi connectivity index (χ0v) is 6.01. The Morgan fingerprint density at radius 1 is 1.70 bits per heavy atom. The van der Waals surface area contributed by atoms with Crippen molar-refractivity contribution in [3.8, 4) is 0 Å². The van der Waals surface area contributed by atoms with Crippen LogP contribution >= 0.6 is 0 Å². The van der Waals surface area contributed by atoms with E-state index in [1.54, 1.807) is 14.0 Å². The average Bonchev–Trinajstić information content (AvgIpc) is 1.84. The van der Waals surface area contributed by atoms with Crippen molar-refractivity contribution in [1.29, 1.82) is 0 Å². The van der Waals surface area contributed by atoms with Gasteiger partial charge in [0.1, 0.15) is 0 Å². The minimum Gasteiger partial charge on any atom is -0.494 e. The summed E-state index contributed by atoms with van der Waals surface area (Å²) in [5.41, 5.74) is 0.780. The fraction of sp³-hybridized carbons (Fsp3) is 0.500. The lowest BCUT2D eigenvalue weighted by Gasteiger charge is -2.23. The molecule has 1 aliphatic rings. The summed E-state index contributed by atoms with van der Waals surface area (Å²) < 4.78 is 0. The van der Waals surface area contributed by atoms with Crippen LogP contribution in [-0.4, -0.2) is 29.6 Å². The molecule has 1 heterocycles. The number of hydrogen-bond acceptors (Lipinski definition) is 2. The van der Waals surface area contributed by atoms with Crippen molar-refractivity contribution >= 4 is 6.03 Å². The highest BCUT2D eigenvalue weighted by atomic mass is 16.3. The molecule has 2 N–H and O–H groups in total. The van der Waals surface area contributed by atoms with Crippen LogP contribution in [0.25, 0.3) is 0 Å². The number of hydrogen-bond donors (Lipinski definition) is 2. The Bertz CT molecular complexity index is 198. The van der Waals surface area contributed by atoms with E-state index in [0.29, 0.717) is 6.54 Å². The molecule has 0 aliphatic carbocycles. The maximum atomic E-state index is 10.8. The molecule has 0 fully saturated rings. The zero-order valence-electron chi connectivity index (χ0n) is 6.01. The molecule has 4 heteroatoms. The van der Waals surface area contributed by atoms with Gasteiger partial charge in [-0.05, 0) is 6.92 Å². The van der Waals surface area contributed by atoms with Gasteiger partial charge in [-0.25, -0.2) is 4.79 Å². The van der Waals surface area contributed by atoms with E-state index in [4.69, 9.17) is 5.11 Å². The van der Waals surface area contributed by atoms with Crippen LogP contribution in [0.3, 0.4) is 0 Å². The zero-order chi connectivity index (χ0) is 7.72. The average molecular weight is 142 g/mol. The highest BCUT2D eigenvalue weighted by Gasteiger charge is 2.17. The van der Waals surface area contributed by atoms with Gasteiger partial charge in [-0.1, -0.05) is 0 Å². The molecule has 4 nitrogen and oxygen atoms in total. The standard InChI is InChI=1S/C6H10N2O2/c1-4-3-8(2)6(10)7-5(4)9/h9H,3H2,1-2H3,(H,7,10). The molecule has 0 aromatic heterocycles. The normalized spacial score (nSPS) is 19.4. The van der Waals surface area contributed by atoms with Crippen molar-refractivity contribution in [2.45, 2.75) is 6.92 Å². The summed E-state index contributed by atoms with van der Waals surface area (Å²) >= 11 is 0. The fourth-order valence-electron chi connectivity index (χ4n) is 0.806. The summed E-state index contributed by atoms with van der Waals surface area (Å²) in [6, 6.07) is -0.261. The molecule has 0 atom stereocenters. The number of amides is 2. The SMILES string of the molecule is CC1=C(O)NC(=O)N(C)C1. The molecule has 0 spiro atoms. The molecule has 0 aromatic rings. The molecule has 1 aliphatic heterocycles. The summed E-state index contributed by atoms with van der Waals surface area (Å²) in [6.07, 6.45) is 0. The summed E-state index contributed by atoms with van der Waals surface area (Å²) in [7, 11) is 1.67. The predicted molar refractivity (Wildman–Crippen MR) is 36.5 cm³/mol. The van der Waals surface area contributed by atoms with Crippen LogP contribution in [0.1, 0.15) is 6.92 Å². The number of aliphatic hydroxyl groups excluding tert-OH is 1. The van der Waals surface area contributed by atoms with Crippen molar-refractivity contribution in [1.82, 2.24) is 10.2 Å². The van der Waals surface area contributed by atoms with E-state index in [2.05, 4.69) is 5.32 Å². The lowest BCUT2D eigenvalue weighted by molar-refractivity contribution is 0.199. The highest BCUT2D eigenvalue weighted by Crippen LogP contribution is 2.05. The first-order chi connectivity index (χ1) is 4.61. The third-order valence-electron chi connectivity index (χ3n) is 1.45. The molecule has 1 rings (SSSR count). The third kappa shape index (κ3) is 1.05. The number of carbonyl (C=O) groups is 1. The lowest BCUT2D eigenvalue weighted by Crippen LogP contribution is -2.42. The van der Waals surface area contributed by atoms with Gasteiger partial charge in [0.15, 0.2) is 5.88 Å². The molecule has 0 unspecified atom stereocenters. The van der Waals surface area contributed by atoms with Crippen molar-refractivity contribution in [3.63, 3.8) is 0 Å². The molecular formula is C6H10N2O2. The Morgan fingerprint density at radius 3 is 2.80 bits per heavy atom. The summed E-state index contributed by atoms with van der Waals surface area (Å²) in [5.74, 6) is -0.0110. The maximum absolute atomic E-state index is 10.8. The lowest BCUT2D eigenvalue weighted by atomic mass is 10.2. The van der Waals surface area contributed by atoms with Gasteiger partial charge in [0.2, 0.25) is 0 Å². The molecular weight excluding hydrogens is 132 g/mol. The first kappa shape index (κ1) is 6.92. The van der Waals surface area contributed by atoms with Gasteiger partial charge in [-0.3, -0.25) is 5.32 Å². The second-order valence-corrected chi connectivity index (χ2v) is 2.42. The van der Waals surface area contributed by atoms with Crippen molar-refractivity contribution in [2.75, 3.05) is 13.6 Å². The van der Waals surface area contributed by atoms with E-state index in [0.717, 1.165) is 5.57 Å². The smallest absolute Gasteiger partial charge is 0.324 e. The Kier molecular flexibility index (Phi) is 1.53. The van der Waals surface area contributed by atoms with Crippen molar-refractivity contribution in [2.24, 2.45) is 0 Å². The number of aliphatic hydroxyl groups is 1. The Hall–Kier alpha value is -1.19. The Morgan fingerprint density at radius 2 is 2.30 bits per heavy atom. The molecule has 0 saturated heterocycles. The number of urea groups is 1. The quantitative estimate of drug-likeness (QED) is 0.515. The van der Waals surface area contributed by atoms with Crippen molar-refractivity contribution in [3.05, 3.63) is 11.5 Å². The number of rotatable bonds is 0. The molecule has 10 heavy (non-hydrogen) atoms. The minimum atomic E-state index is -0.261. The van der Waals surface area contributed by atoms with Crippen LogP contribution in [0, 0.1) is 0 Å². The van der Waals surface area contributed by atoms with E-state index < -0.39 is 0 Å². The number of nitrogens with one attached hydrogen (secondary N) is 1. The van der Waals surface area contributed by atoms with E-state index >= 15 is 0 Å². The van der Waals surface area contributed by atoms with Crippen LogP contribution in [-0.2, 0) is 0 Å². The van der Waals surface area contributed by atoms with Gasteiger partial charge in [-0.15, -0.1) is 0 Å². The first-order valence-corrected chi connectivity index (χ1v) is 3.02. The van der Waals surface area contributed by atoms with Gasteiger partial charge in [0.25, 0.3) is 0 Å². The molecule has 0 aromatic carbocycles. The van der Waals surface area contributed by atoms with Gasteiger partial charge in [-0.2, -0.15) is 0 Å². The van der Waals surface area contributed by atoms with Crippen LogP contribution in [0.4, 0.5) is 4.79 Å². The largest absolute Gasteiger partial charge is 0.494 e. The van der Waals surface area contributed by atoms with Crippen LogP contribution in [0.15, 0.2) is 11.5 Å². The maximum Gasteiger partial charge on any atom is 0.324 e. The van der Waals surface area contributed by atoms with Crippen LogP contribution < -0.4 is 5.32 Å². The fourth-order valence-corrected chi connectivity index (χ4v) is 0.806. The molecule has 2 amide bonds. The predicted octanol–water partition coefficient (Wildman–Crippen LogP) is 0.431. The number of nitrogens with zero attached hydrogens (tertiary/aromatic N) is 1. The number of carbonyl (C=O) groups excluding carboxylic acids is 1. The second kappa shape index (κ2) is 2.21. The van der Waals surface area contributed by atoms with Gasteiger partial charge < -0.3 is 10.0 Å². The number of likely N-dealkylation sites (N-methyl/N-ethyl adjacent to an activating group) is 1. The first-order valence-electron chi connectivity index (χ1n) is 3.02. The monoisotopic (exact) mass is 142 g/mol. The molecule has 0 radical (unpaired) electrons. The molecule has 56 valence electrons. The minimum absolute atomic E-state index is 0.0110. The Balaban J connectivity index is 2.79. The van der Waals surface area contributed by atoms with Gasteiger partial charge in [0.05, 0.1) is 0 Å².